The lowest BCUT2D eigenvalue weighted by Gasteiger charge is -2.05. The van der Waals surface area contributed by atoms with Gasteiger partial charge in [-0.2, -0.15) is 0 Å². The summed E-state index contributed by atoms with van der Waals surface area (Å²) >= 11 is 0. The molecule has 90 valence electrons. The van der Waals surface area contributed by atoms with Crippen molar-refractivity contribution in [2.75, 3.05) is 13.7 Å². The van der Waals surface area contributed by atoms with Crippen LogP contribution in [-0.2, 0) is 16.0 Å². The van der Waals surface area contributed by atoms with Crippen molar-refractivity contribution >= 4 is 11.8 Å². The Morgan fingerprint density at radius 2 is 2.24 bits per heavy atom. The largest absolute Gasteiger partial charge is 0.497 e. The normalized spacial score (nSPS) is 17.8. The summed E-state index contributed by atoms with van der Waals surface area (Å²) in [6.45, 7) is 2.02. The molecule has 4 nitrogen and oxygen atoms in total. The Morgan fingerprint density at radius 3 is 2.88 bits per heavy atom. The van der Waals surface area contributed by atoms with E-state index in [2.05, 4.69) is 0 Å². The number of esters is 1. The van der Waals surface area contributed by atoms with Crippen molar-refractivity contribution in [3.05, 3.63) is 29.3 Å². The third-order valence-corrected chi connectivity index (χ3v) is 2.89. The number of ether oxygens (including phenoxy) is 2. The molecule has 0 N–H and O–H groups in total. The van der Waals surface area contributed by atoms with Crippen LogP contribution in [0.25, 0.3) is 0 Å². The predicted molar refractivity (Wildman–Crippen MR) is 61.2 cm³/mol. The van der Waals surface area contributed by atoms with Crippen LogP contribution < -0.4 is 4.74 Å². The van der Waals surface area contributed by atoms with E-state index in [4.69, 9.17) is 9.47 Å². The van der Waals surface area contributed by atoms with Crippen LogP contribution in [0.3, 0.4) is 0 Å². The van der Waals surface area contributed by atoms with E-state index in [1.807, 2.05) is 0 Å². The van der Waals surface area contributed by atoms with Gasteiger partial charge in [-0.05, 0) is 37.1 Å². The molecule has 0 bridgehead atoms. The highest BCUT2D eigenvalue weighted by atomic mass is 16.5. The molecule has 1 atom stereocenters. The molecule has 0 saturated heterocycles. The minimum atomic E-state index is -0.683. The minimum absolute atomic E-state index is 0.152. The zero-order chi connectivity index (χ0) is 12.4. The highest BCUT2D eigenvalue weighted by Crippen LogP contribution is 2.30. The number of rotatable bonds is 3. The van der Waals surface area contributed by atoms with E-state index >= 15 is 0 Å². The molecule has 1 aromatic carbocycles. The Kier molecular flexibility index (Phi) is 3.13. The molecule has 2 rings (SSSR count). The maximum atomic E-state index is 12.0. The smallest absolute Gasteiger partial charge is 0.317 e. The summed E-state index contributed by atoms with van der Waals surface area (Å²) in [5.74, 6) is -0.577. The second-order valence-corrected chi connectivity index (χ2v) is 3.90. The molecule has 0 radical (unpaired) electrons. The third kappa shape index (κ3) is 2.02. The van der Waals surface area contributed by atoms with Gasteiger partial charge in [0.05, 0.1) is 13.7 Å². The van der Waals surface area contributed by atoms with Crippen LogP contribution >= 0.6 is 0 Å². The second-order valence-electron chi connectivity index (χ2n) is 3.90. The van der Waals surface area contributed by atoms with Crippen molar-refractivity contribution in [1.82, 2.24) is 0 Å². The standard InChI is InChI=1S/C13H14O4/c1-3-17-13(15)11-7-8-6-9(16-2)4-5-10(8)12(11)14/h4-6,11H,3,7H2,1-2H3/t11-/m0/s1. The van der Waals surface area contributed by atoms with E-state index in [0.717, 1.165) is 5.56 Å². The Morgan fingerprint density at radius 1 is 1.47 bits per heavy atom. The molecule has 0 amide bonds. The average molecular weight is 234 g/mol. The highest BCUT2D eigenvalue weighted by molar-refractivity contribution is 6.12. The number of carbonyl (C=O) groups excluding carboxylic acids is 2. The summed E-state index contributed by atoms with van der Waals surface area (Å²) in [6, 6.07) is 5.23. The maximum absolute atomic E-state index is 12.0. The topological polar surface area (TPSA) is 52.6 Å². The molecule has 0 saturated carbocycles. The molecule has 17 heavy (non-hydrogen) atoms. The predicted octanol–water partition coefficient (Wildman–Crippen LogP) is 1.61. The average Bonchev–Trinajstić information content (AvgIpc) is 2.66. The van der Waals surface area contributed by atoms with Gasteiger partial charge in [-0.1, -0.05) is 0 Å². The van der Waals surface area contributed by atoms with Crippen LogP contribution in [0.1, 0.15) is 22.8 Å². The van der Waals surface area contributed by atoms with Crippen molar-refractivity contribution < 1.29 is 19.1 Å². The van der Waals surface area contributed by atoms with Gasteiger partial charge < -0.3 is 9.47 Å². The van der Waals surface area contributed by atoms with Gasteiger partial charge in [-0.3, -0.25) is 9.59 Å². The van der Waals surface area contributed by atoms with Crippen molar-refractivity contribution in [3.63, 3.8) is 0 Å². The van der Waals surface area contributed by atoms with Crippen LogP contribution in [0.4, 0.5) is 0 Å². The van der Waals surface area contributed by atoms with Gasteiger partial charge >= 0.3 is 5.97 Å². The SMILES string of the molecule is CCOC(=O)[C@H]1Cc2cc(OC)ccc2C1=O. The fraction of sp³-hybridized carbons (Fsp3) is 0.385. The van der Waals surface area contributed by atoms with Gasteiger partial charge in [0.1, 0.15) is 11.7 Å². The summed E-state index contributed by atoms with van der Waals surface area (Å²) in [5, 5.41) is 0. The van der Waals surface area contributed by atoms with Crippen LogP contribution in [0, 0.1) is 5.92 Å². The van der Waals surface area contributed by atoms with Crippen molar-refractivity contribution in [2.45, 2.75) is 13.3 Å². The van der Waals surface area contributed by atoms with E-state index in [1.165, 1.54) is 0 Å². The Bertz CT molecular complexity index is 464. The van der Waals surface area contributed by atoms with Gasteiger partial charge in [0.25, 0.3) is 0 Å². The maximum Gasteiger partial charge on any atom is 0.317 e. The number of methoxy groups -OCH3 is 1. The van der Waals surface area contributed by atoms with Gasteiger partial charge in [0.15, 0.2) is 5.78 Å². The van der Waals surface area contributed by atoms with Crippen molar-refractivity contribution in [2.24, 2.45) is 5.92 Å². The summed E-state index contributed by atoms with van der Waals surface area (Å²) < 4.78 is 9.98. The lowest BCUT2D eigenvalue weighted by atomic mass is 10.1. The van der Waals surface area contributed by atoms with Gasteiger partial charge in [-0.15, -0.1) is 0 Å². The van der Waals surface area contributed by atoms with Crippen molar-refractivity contribution in [1.29, 1.82) is 0 Å². The van der Waals surface area contributed by atoms with Crippen LogP contribution in [0.5, 0.6) is 5.75 Å². The lowest BCUT2D eigenvalue weighted by molar-refractivity contribution is -0.145. The molecule has 0 aliphatic heterocycles. The molecule has 4 heteroatoms. The molecule has 1 aliphatic carbocycles. The summed E-state index contributed by atoms with van der Waals surface area (Å²) in [4.78, 5) is 23.6. The summed E-state index contributed by atoms with van der Waals surface area (Å²) in [6.07, 6.45) is 0.407. The Hall–Kier alpha value is -1.84. The zero-order valence-corrected chi connectivity index (χ0v) is 9.86. The van der Waals surface area contributed by atoms with E-state index < -0.39 is 11.9 Å². The molecule has 1 aliphatic rings. The molecule has 0 spiro atoms. The summed E-state index contributed by atoms with van der Waals surface area (Å²) in [5.41, 5.74) is 1.45. The first-order valence-corrected chi connectivity index (χ1v) is 5.55. The molecule has 0 aromatic heterocycles. The van der Waals surface area contributed by atoms with E-state index in [9.17, 15) is 9.59 Å². The lowest BCUT2D eigenvalue weighted by Crippen LogP contribution is -2.23. The van der Waals surface area contributed by atoms with Gasteiger partial charge in [0, 0.05) is 5.56 Å². The number of benzene rings is 1. The second kappa shape index (κ2) is 4.57. The van der Waals surface area contributed by atoms with E-state index in [-0.39, 0.29) is 5.78 Å². The first-order chi connectivity index (χ1) is 8.17. The molecule has 0 unspecified atom stereocenters. The number of ketones is 1. The number of carbonyl (C=O) groups is 2. The quantitative estimate of drug-likeness (QED) is 0.589. The highest BCUT2D eigenvalue weighted by Gasteiger charge is 2.36. The monoisotopic (exact) mass is 234 g/mol. The zero-order valence-electron chi connectivity index (χ0n) is 9.86. The first-order valence-electron chi connectivity index (χ1n) is 5.55. The molecule has 0 heterocycles. The fourth-order valence-electron chi connectivity index (χ4n) is 2.04. The molecular formula is C13H14O4. The van der Waals surface area contributed by atoms with Crippen LogP contribution in [0.15, 0.2) is 18.2 Å². The van der Waals surface area contributed by atoms with Crippen LogP contribution in [0.2, 0.25) is 0 Å². The molecule has 0 fully saturated rings. The fourth-order valence-corrected chi connectivity index (χ4v) is 2.04. The van der Waals surface area contributed by atoms with Crippen molar-refractivity contribution in [3.8, 4) is 5.75 Å². The first kappa shape index (κ1) is 11.6. The summed E-state index contributed by atoms with van der Waals surface area (Å²) in [7, 11) is 1.57. The number of hydrogen-bond acceptors (Lipinski definition) is 4. The number of Topliss-reactive ketones (excluding diaryl/α,β-unsaturated/α-hetero) is 1. The number of fused-ring (bicyclic) bond motifs is 1. The number of hydrogen-bond donors (Lipinski definition) is 0. The Balaban J connectivity index is 2.26. The van der Waals surface area contributed by atoms with Gasteiger partial charge in [-0.25, -0.2) is 0 Å². The van der Waals surface area contributed by atoms with Gasteiger partial charge in [0.2, 0.25) is 0 Å². The third-order valence-electron chi connectivity index (χ3n) is 2.89. The minimum Gasteiger partial charge on any atom is -0.497 e. The van der Waals surface area contributed by atoms with Crippen LogP contribution in [-0.4, -0.2) is 25.5 Å². The Labute approximate surface area is 99.5 Å². The molecule has 1 aromatic rings. The molecular weight excluding hydrogens is 220 g/mol. The van der Waals surface area contributed by atoms with E-state index in [0.29, 0.717) is 24.3 Å². The van der Waals surface area contributed by atoms with E-state index in [1.54, 1.807) is 32.2 Å².